The average molecular weight is 816 g/mol. The van der Waals surface area contributed by atoms with Crippen LogP contribution in [0.25, 0.3) is 0 Å². The van der Waals surface area contributed by atoms with Crippen molar-refractivity contribution in [1.29, 1.82) is 0 Å². The number of ether oxygens (including phenoxy) is 1. The molecule has 6 aliphatic carbocycles. The number of allylic oxidation sites excluding steroid dienone is 2. The second kappa shape index (κ2) is 17.6. The van der Waals surface area contributed by atoms with Gasteiger partial charge in [0.25, 0.3) is 0 Å². The highest BCUT2D eigenvalue weighted by atomic mass is 19.4. The van der Waals surface area contributed by atoms with E-state index in [4.69, 9.17) is 4.74 Å². The number of carbonyl (C=O) groups excluding carboxylic acids is 1. The van der Waals surface area contributed by atoms with Crippen LogP contribution < -0.4 is 0 Å². The maximum Gasteiger partial charge on any atom is 0.416 e. The molecule has 3 N–H and O–H groups in total. The molecule has 4 saturated carbocycles. The summed E-state index contributed by atoms with van der Waals surface area (Å²) in [6.07, 6.45) is 3.63. The van der Waals surface area contributed by atoms with Gasteiger partial charge in [0.05, 0.1) is 36.6 Å². The molecule has 4 fully saturated rings. The SMILES string of the molecule is CC1=CCC[C@@]2(C)[C@@H](CC[C@@]2(O)CN(C[C@@H](O)COCc2ccccc2)C[C@@H]2CC[C@H]3C[C@@H]2C3(C)C)c2ccc(cc2C(=O)c2cccc(C(F)(F)F)c2)C[C@@H](O)CC1. The number of nitrogens with zero attached hydrogens (tertiary/aromatic N) is 1. The molecule has 0 aliphatic heterocycles. The van der Waals surface area contributed by atoms with Gasteiger partial charge in [-0.3, -0.25) is 9.69 Å². The number of benzene rings is 3. The highest BCUT2D eigenvalue weighted by Gasteiger charge is 2.58. The minimum absolute atomic E-state index is 0.0447. The molecule has 8 atom stereocenters. The van der Waals surface area contributed by atoms with Crippen LogP contribution >= 0.6 is 0 Å². The Hall–Kier alpha value is -3.34. The molecule has 0 heterocycles. The zero-order valence-corrected chi connectivity index (χ0v) is 35.3. The van der Waals surface area contributed by atoms with E-state index in [0.717, 1.165) is 47.7 Å². The van der Waals surface area contributed by atoms with Crippen LogP contribution in [0, 0.1) is 28.6 Å². The Labute approximate surface area is 348 Å². The molecule has 0 aromatic heterocycles. The molecule has 0 saturated heterocycles. The van der Waals surface area contributed by atoms with Crippen LogP contribution in [0.3, 0.4) is 0 Å². The number of aliphatic hydroxyl groups is 3. The molecule has 0 amide bonds. The summed E-state index contributed by atoms with van der Waals surface area (Å²) in [7, 11) is 0. The fraction of sp³-hybridized carbons (Fsp3) is 0.580. The van der Waals surface area contributed by atoms with Gasteiger partial charge in [-0.15, -0.1) is 0 Å². The van der Waals surface area contributed by atoms with Gasteiger partial charge in [0.2, 0.25) is 0 Å². The van der Waals surface area contributed by atoms with Crippen molar-refractivity contribution in [3.8, 4) is 0 Å². The smallest absolute Gasteiger partial charge is 0.393 e. The summed E-state index contributed by atoms with van der Waals surface area (Å²) >= 11 is 0. The van der Waals surface area contributed by atoms with Crippen LogP contribution in [0.2, 0.25) is 0 Å². The Bertz CT molecular complexity index is 1960. The summed E-state index contributed by atoms with van der Waals surface area (Å²) in [6, 6.07) is 20.1. The molecule has 6 aliphatic rings. The predicted molar refractivity (Wildman–Crippen MR) is 225 cm³/mol. The number of carbonyl (C=O) groups is 1. The Morgan fingerprint density at radius 1 is 0.966 bits per heavy atom. The highest BCUT2D eigenvalue weighted by Crippen LogP contribution is 2.62. The van der Waals surface area contributed by atoms with E-state index in [1.807, 2.05) is 42.5 Å². The third-order valence-electron chi connectivity index (χ3n) is 15.2. The van der Waals surface area contributed by atoms with Crippen LogP contribution in [-0.4, -0.2) is 70.1 Å². The van der Waals surface area contributed by atoms with Crippen molar-refractivity contribution in [3.05, 3.63) is 118 Å². The maximum atomic E-state index is 14.5. The minimum atomic E-state index is -4.60. The first-order valence-electron chi connectivity index (χ1n) is 21.9. The van der Waals surface area contributed by atoms with E-state index in [0.29, 0.717) is 82.0 Å². The normalized spacial score (nSPS) is 29.9. The number of alkyl halides is 3. The van der Waals surface area contributed by atoms with Crippen molar-refractivity contribution < 1.29 is 38.0 Å². The summed E-state index contributed by atoms with van der Waals surface area (Å²) in [5, 5.41) is 35.8. The molecule has 4 bridgehead atoms. The third-order valence-corrected chi connectivity index (χ3v) is 15.2. The minimum Gasteiger partial charge on any atom is -0.393 e. The van der Waals surface area contributed by atoms with Crippen LogP contribution in [0.4, 0.5) is 13.2 Å². The number of ketones is 1. The van der Waals surface area contributed by atoms with Crippen LogP contribution in [0.5, 0.6) is 0 Å². The van der Waals surface area contributed by atoms with Gasteiger partial charge >= 0.3 is 6.18 Å². The lowest BCUT2D eigenvalue weighted by Gasteiger charge is -2.61. The first-order chi connectivity index (χ1) is 28.0. The topological polar surface area (TPSA) is 90.2 Å². The first-order valence-corrected chi connectivity index (χ1v) is 21.9. The van der Waals surface area contributed by atoms with Gasteiger partial charge in [0.1, 0.15) is 0 Å². The molecule has 3 aromatic carbocycles. The van der Waals surface area contributed by atoms with Crippen LogP contribution in [-0.2, 0) is 23.9 Å². The molecular formula is C50H64F3NO5. The van der Waals surface area contributed by atoms with Gasteiger partial charge in [-0.2, -0.15) is 13.2 Å². The zero-order chi connectivity index (χ0) is 42.2. The second-order valence-electron chi connectivity index (χ2n) is 19.4. The van der Waals surface area contributed by atoms with Crippen molar-refractivity contribution in [1.82, 2.24) is 4.90 Å². The van der Waals surface area contributed by atoms with Crippen molar-refractivity contribution in [2.75, 3.05) is 26.2 Å². The van der Waals surface area contributed by atoms with E-state index < -0.39 is 40.7 Å². The van der Waals surface area contributed by atoms with Gasteiger partial charge in [-0.25, -0.2) is 0 Å². The molecule has 0 spiro atoms. The summed E-state index contributed by atoms with van der Waals surface area (Å²) in [5.41, 5.74) is 1.40. The Morgan fingerprint density at radius 2 is 1.75 bits per heavy atom. The quantitative estimate of drug-likeness (QED) is 0.125. The fourth-order valence-electron chi connectivity index (χ4n) is 11.5. The van der Waals surface area contributed by atoms with E-state index in [-0.39, 0.29) is 23.5 Å². The van der Waals surface area contributed by atoms with Gasteiger partial charge in [-0.1, -0.05) is 87.0 Å². The van der Waals surface area contributed by atoms with Crippen LogP contribution in [0.1, 0.15) is 130 Å². The zero-order valence-electron chi connectivity index (χ0n) is 35.3. The Balaban J connectivity index is 1.22. The summed E-state index contributed by atoms with van der Waals surface area (Å²) in [6.45, 7) is 11.0. The molecule has 320 valence electrons. The van der Waals surface area contributed by atoms with E-state index >= 15 is 0 Å². The number of aliphatic hydroxyl groups excluding tert-OH is 2. The van der Waals surface area contributed by atoms with Gasteiger partial charge in [0, 0.05) is 36.2 Å². The molecule has 0 unspecified atom stereocenters. The lowest BCUT2D eigenvalue weighted by molar-refractivity contribution is -0.137. The van der Waals surface area contributed by atoms with Gasteiger partial charge in [0.15, 0.2) is 5.78 Å². The number of halogens is 3. The monoisotopic (exact) mass is 815 g/mol. The molecular weight excluding hydrogens is 752 g/mol. The van der Waals surface area contributed by atoms with Crippen molar-refractivity contribution in [2.45, 2.75) is 128 Å². The number of hydrogen-bond acceptors (Lipinski definition) is 6. The Morgan fingerprint density at radius 3 is 2.47 bits per heavy atom. The standard InChI is InChI=1S/C50H64F3NO5/c1-33-10-9-22-48(4)44(42-20-16-35(24-40(55)19-15-33)25-43(42)46(57)36-13-8-14-39(26-36)50(51,52)53)21-23-49(48,58)32-54(28-37-17-18-38-27-45(37)47(38,2)3)29-41(56)31-59-30-34-11-6-5-7-12-34/h5-8,10-14,16,20,25-26,37-38,40-41,44-45,55-56,58H,9,15,17-19,21-24,27-32H2,1-4H3/t37-,38-,40-,41+,44-,45-,48-,49+/m0/s1. The first kappa shape index (κ1) is 43.7. The lowest BCUT2D eigenvalue weighted by atomic mass is 9.45. The van der Waals surface area contributed by atoms with E-state index in [1.165, 1.54) is 30.5 Å². The number of hydrogen-bond donors (Lipinski definition) is 3. The second-order valence-corrected chi connectivity index (χ2v) is 19.4. The van der Waals surface area contributed by atoms with Crippen molar-refractivity contribution in [3.63, 3.8) is 0 Å². The summed E-state index contributed by atoms with van der Waals surface area (Å²) in [4.78, 5) is 16.8. The molecule has 0 radical (unpaired) electrons. The van der Waals surface area contributed by atoms with Crippen molar-refractivity contribution in [2.24, 2.45) is 28.6 Å². The molecule has 9 rings (SSSR count). The van der Waals surface area contributed by atoms with E-state index in [2.05, 4.69) is 38.7 Å². The predicted octanol–water partition coefficient (Wildman–Crippen LogP) is 9.93. The fourth-order valence-corrected chi connectivity index (χ4v) is 11.5. The molecule has 3 aromatic rings. The highest BCUT2D eigenvalue weighted by molar-refractivity contribution is 6.10. The van der Waals surface area contributed by atoms with Crippen molar-refractivity contribution >= 4 is 5.78 Å². The third kappa shape index (κ3) is 9.45. The Kier molecular flexibility index (Phi) is 13.0. The molecule has 59 heavy (non-hydrogen) atoms. The molecule has 9 heteroatoms. The lowest BCUT2D eigenvalue weighted by Crippen LogP contribution is -2.58. The van der Waals surface area contributed by atoms with E-state index in [9.17, 15) is 33.3 Å². The molecule has 6 nitrogen and oxygen atoms in total. The van der Waals surface area contributed by atoms with E-state index in [1.54, 1.807) is 6.07 Å². The number of fused-ring (bicyclic) bond motifs is 10. The van der Waals surface area contributed by atoms with Gasteiger partial charge in [-0.05, 0) is 135 Å². The largest absolute Gasteiger partial charge is 0.416 e. The number of rotatable bonds is 12. The average Bonchev–Trinajstić information content (AvgIpc) is 3.45. The van der Waals surface area contributed by atoms with Crippen LogP contribution in [0.15, 0.2) is 84.4 Å². The maximum absolute atomic E-state index is 14.5. The summed E-state index contributed by atoms with van der Waals surface area (Å²) in [5.74, 6) is 0.990. The summed E-state index contributed by atoms with van der Waals surface area (Å²) < 4.78 is 47.6. The van der Waals surface area contributed by atoms with Gasteiger partial charge < -0.3 is 20.1 Å².